The molecular weight excluding hydrogens is 309 g/mol. The van der Waals surface area contributed by atoms with Gasteiger partial charge in [0.25, 0.3) is 0 Å². The third-order valence-electron chi connectivity index (χ3n) is 3.14. The van der Waals surface area contributed by atoms with Crippen LogP contribution in [0.5, 0.6) is 0 Å². The molecule has 0 aliphatic carbocycles. The minimum atomic E-state index is -4.50. The van der Waals surface area contributed by atoms with Crippen molar-refractivity contribution >= 4 is 15.8 Å². The molecule has 1 saturated heterocycles. The Hall–Kier alpha value is -1.42. The smallest absolute Gasteiger partial charge is 0.355 e. The van der Waals surface area contributed by atoms with Gasteiger partial charge >= 0.3 is 6.18 Å². The van der Waals surface area contributed by atoms with Crippen LogP contribution in [0.25, 0.3) is 0 Å². The number of nitrogens with one attached hydrogen (secondary N) is 1. The Morgan fingerprint density at radius 3 is 2.29 bits per heavy atom. The Balaban J connectivity index is 1.96. The van der Waals surface area contributed by atoms with Gasteiger partial charge in [-0.2, -0.15) is 13.2 Å². The van der Waals surface area contributed by atoms with E-state index in [1.807, 2.05) is 0 Å². The number of aromatic nitrogens is 2. The predicted octanol–water partition coefficient (Wildman–Crippen LogP) is 1.01. The van der Waals surface area contributed by atoms with Crippen molar-refractivity contribution < 1.29 is 21.6 Å². The van der Waals surface area contributed by atoms with Crippen molar-refractivity contribution in [2.45, 2.75) is 25.1 Å². The zero-order chi connectivity index (χ0) is 15.7. The standard InChI is InChI=1S/C11H15F3N4O2S/c1-21(19,20)17-8-4-6-18(7-5-8)10-3-2-9(15-16-10)11(12,13)14/h2-3,8,17H,4-7H2,1H3. The Morgan fingerprint density at radius 1 is 1.24 bits per heavy atom. The zero-order valence-corrected chi connectivity index (χ0v) is 12.1. The first-order valence-corrected chi connectivity index (χ1v) is 8.17. The summed E-state index contributed by atoms with van der Waals surface area (Å²) >= 11 is 0. The van der Waals surface area contributed by atoms with E-state index in [0.29, 0.717) is 31.7 Å². The summed E-state index contributed by atoms with van der Waals surface area (Å²) in [7, 11) is -3.25. The maximum absolute atomic E-state index is 12.4. The average Bonchev–Trinajstić information content (AvgIpc) is 2.37. The van der Waals surface area contributed by atoms with Gasteiger partial charge in [-0.25, -0.2) is 13.1 Å². The number of anilines is 1. The second-order valence-corrected chi connectivity index (χ2v) is 6.71. The summed E-state index contributed by atoms with van der Waals surface area (Å²) in [6.07, 6.45) is -2.27. The molecule has 1 fully saturated rings. The zero-order valence-electron chi connectivity index (χ0n) is 11.3. The monoisotopic (exact) mass is 324 g/mol. The van der Waals surface area contributed by atoms with Gasteiger partial charge in [-0.1, -0.05) is 0 Å². The minimum Gasteiger partial charge on any atom is -0.355 e. The van der Waals surface area contributed by atoms with Crippen LogP contribution in [0.1, 0.15) is 18.5 Å². The van der Waals surface area contributed by atoms with E-state index in [-0.39, 0.29) is 6.04 Å². The summed E-state index contributed by atoms with van der Waals surface area (Å²) in [5.74, 6) is 0.362. The fourth-order valence-corrected chi connectivity index (χ4v) is 3.02. The lowest BCUT2D eigenvalue weighted by atomic mass is 10.1. The molecule has 0 amide bonds. The molecule has 1 aromatic rings. The summed E-state index contributed by atoms with van der Waals surface area (Å²) in [6.45, 7) is 1.01. The summed E-state index contributed by atoms with van der Waals surface area (Å²) in [4.78, 5) is 1.79. The fourth-order valence-electron chi connectivity index (χ4n) is 2.17. The molecule has 2 rings (SSSR count). The van der Waals surface area contributed by atoms with Crippen LogP contribution in [0.3, 0.4) is 0 Å². The Morgan fingerprint density at radius 2 is 1.86 bits per heavy atom. The van der Waals surface area contributed by atoms with Crippen molar-refractivity contribution in [1.82, 2.24) is 14.9 Å². The molecule has 0 unspecified atom stereocenters. The molecule has 0 bridgehead atoms. The largest absolute Gasteiger partial charge is 0.435 e. The molecule has 10 heteroatoms. The van der Waals surface area contributed by atoms with Crippen LogP contribution in [-0.2, 0) is 16.2 Å². The van der Waals surface area contributed by atoms with Crippen molar-refractivity contribution in [3.8, 4) is 0 Å². The van der Waals surface area contributed by atoms with Crippen molar-refractivity contribution in [3.63, 3.8) is 0 Å². The Kier molecular flexibility index (Phi) is 4.38. The van der Waals surface area contributed by atoms with E-state index in [4.69, 9.17) is 0 Å². The first-order chi connectivity index (χ1) is 9.65. The lowest BCUT2D eigenvalue weighted by Gasteiger charge is -2.32. The van der Waals surface area contributed by atoms with E-state index >= 15 is 0 Å². The highest BCUT2D eigenvalue weighted by molar-refractivity contribution is 7.88. The van der Waals surface area contributed by atoms with Gasteiger partial charge in [0.1, 0.15) is 0 Å². The topological polar surface area (TPSA) is 75.2 Å². The van der Waals surface area contributed by atoms with Gasteiger partial charge < -0.3 is 4.90 Å². The van der Waals surface area contributed by atoms with Gasteiger partial charge in [0.2, 0.25) is 10.0 Å². The van der Waals surface area contributed by atoms with Gasteiger partial charge in [-0.15, -0.1) is 10.2 Å². The normalized spacial score (nSPS) is 18.0. The summed E-state index contributed by atoms with van der Waals surface area (Å²) < 4.78 is 61.9. The molecule has 21 heavy (non-hydrogen) atoms. The van der Waals surface area contributed by atoms with E-state index in [1.54, 1.807) is 4.90 Å². The van der Waals surface area contributed by atoms with E-state index < -0.39 is 21.9 Å². The second-order valence-electron chi connectivity index (χ2n) is 4.93. The molecule has 1 aliphatic heterocycles. The number of rotatable bonds is 3. The fraction of sp³-hybridized carbons (Fsp3) is 0.636. The number of sulfonamides is 1. The van der Waals surface area contributed by atoms with Crippen LogP contribution >= 0.6 is 0 Å². The van der Waals surface area contributed by atoms with Crippen LogP contribution < -0.4 is 9.62 Å². The maximum atomic E-state index is 12.4. The number of hydrogen-bond donors (Lipinski definition) is 1. The first-order valence-electron chi connectivity index (χ1n) is 6.28. The van der Waals surface area contributed by atoms with Crippen LogP contribution in [0, 0.1) is 0 Å². The van der Waals surface area contributed by atoms with Crippen molar-refractivity contribution in [1.29, 1.82) is 0 Å². The quantitative estimate of drug-likeness (QED) is 0.898. The maximum Gasteiger partial charge on any atom is 0.435 e. The van der Waals surface area contributed by atoms with E-state index in [1.165, 1.54) is 6.07 Å². The number of alkyl halides is 3. The van der Waals surface area contributed by atoms with Crippen LogP contribution in [-0.4, -0.2) is 44.0 Å². The molecule has 0 radical (unpaired) electrons. The third kappa shape index (κ3) is 4.53. The summed E-state index contributed by atoms with van der Waals surface area (Å²) in [5, 5.41) is 6.76. The lowest BCUT2D eigenvalue weighted by molar-refractivity contribution is -0.141. The second kappa shape index (κ2) is 5.76. The van der Waals surface area contributed by atoms with Crippen LogP contribution in [0.4, 0.5) is 19.0 Å². The molecule has 1 aliphatic rings. The SMILES string of the molecule is CS(=O)(=O)NC1CCN(c2ccc(C(F)(F)F)nn2)CC1. The number of halogens is 3. The third-order valence-corrected chi connectivity index (χ3v) is 3.90. The van der Waals surface area contributed by atoms with Crippen LogP contribution in [0.15, 0.2) is 12.1 Å². The van der Waals surface area contributed by atoms with Gasteiger partial charge in [0, 0.05) is 19.1 Å². The first kappa shape index (κ1) is 16.0. The molecule has 118 valence electrons. The molecule has 0 spiro atoms. The number of nitrogens with zero attached hydrogens (tertiary/aromatic N) is 3. The summed E-state index contributed by atoms with van der Waals surface area (Å²) in [5.41, 5.74) is -1.03. The van der Waals surface area contributed by atoms with Gasteiger partial charge in [0.15, 0.2) is 11.5 Å². The lowest BCUT2D eigenvalue weighted by Crippen LogP contribution is -2.44. The molecule has 0 aromatic carbocycles. The van der Waals surface area contributed by atoms with Gasteiger partial charge in [-0.3, -0.25) is 0 Å². The van der Waals surface area contributed by atoms with Crippen molar-refractivity contribution in [2.75, 3.05) is 24.2 Å². The highest BCUT2D eigenvalue weighted by Gasteiger charge is 2.33. The van der Waals surface area contributed by atoms with E-state index in [0.717, 1.165) is 12.3 Å². The molecule has 1 N–H and O–H groups in total. The van der Waals surface area contributed by atoms with Gasteiger partial charge in [0.05, 0.1) is 6.26 Å². The molecule has 0 atom stereocenters. The number of hydrogen-bond acceptors (Lipinski definition) is 5. The summed E-state index contributed by atoms with van der Waals surface area (Å²) in [6, 6.07) is 2.02. The highest BCUT2D eigenvalue weighted by Crippen LogP contribution is 2.28. The molecule has 0 saturated carbocycles. The highest BCUT2D eigenvalue weighted by atomic mass is 32.2. The van der Waals surface area contributed by atoms with Crippen LogP contribution in [0.2, 0.25) is 0 Å². The van der Waals surface area contributed by atoms with E-state index in [9.17, 15) is 21.6 Å². The van der Waals surface area contributed by atoms with Gasteiger partial charge in [-0.05, 0) is 25.0 Å². The Labute approximate surface area is 120 Å². The van der Waals surface area contributed by atoms with Crippen molar-refractivity contribution in [3.05, 3.63) is 17.8 Å². The Bertz CT molecular complexity index is 580. The van der Waals surface area contributed by atoms with Crippen molar-refractivity contribution in [2.24, 2.45) is 0 Å². The minimum absolute atomic E-state index is 0.154. The molecule has 2 heterocycles. The molecule has 1 aromatic heterocycles. The molecule has 6 nitrogen and oxygen atoms in total. The average molecular weight is 324 g/mol. The molecular formula is C11H15F3N4O2S. The van der Waals surface area contributed by atoms with E-state index in [2.05, 4.69) is 14.9 Å². The predicted molar refractivity (Wildman–Crippen MR) is 70.2 cm³/mol. The number of piperidine rings is 1.